The van der Waals surface area contributed by atoms with Gasteiger partial charge in [0.1, 0.15) is 0 Å². The second-order valence-electron chi connectivity index (χ2n) is 5.31. The van der Waals surface area contributed by atoms with Crippen molar-refractivity contribution >= 4 is 10.0 Å². The lowest BCUT2D eigenvalue weighted by atomic mass is 10.0. The van der Waals surface area contributed by atoms with Gasteiger partial charge in [-0.1, -0.05) is 6.07 Å². The molecule has 7 heteroatoms. The normalized spacial score (nSPS) is 30.6. The molecule has 0 amide bonds. The third-order valence-electron chi connectivity index (χ3n) is 3.91. The predicted molar refractivity (Wildman–Crippen MR) is 72.5 cm³/mol. The van der Waals surface area contributed by atoms with Gasteiger partial charge in [0.2, 0.25) is 10.0 Å². The van der Waals surface area contributed by atoms with Crippen LogP contribution >= 0.6 is 0 Å². The molecule has 2 fully saturated rings. The Morgan fingerprint density at radius 2 is 2.35 bits per heavy atom. The van der Waals surface area contributed by atoms with Crippen molar-refractivity contribution in [1.29, 1.82) is 0 Å². The topological polar surface area (TPSA) is 68.7 Å². The van der Waals surface area contributed by atoms with Crippen LogP contribution in [0.5, 0.6) is 0 Å². The average Bonchev–Trinajstić information content (AvgIpc) is 2.98. The van der Waals surface area contributed by atoms with E-state index in [1.807, 2.05) is 12.1 Å². The number of hydrogen-bond donors (Lipinski definition) is 0. The molecule has 2 aliphatic heterocycles. The van der Waals surface area contributed by atoms with Gasteiger partial charge in [0.25, 0.3) is 0 Å². The number of pyridine rings is 1. The molecule has 3 rings (SSSR count). The second-order valence-corrected chi connectivity index (χ2v) is 7.25. The maximum absolute atomic E-state index is 11.8. The first-order valence-corrected chi connectivity index (χ1v) is 8.45. The van der Waals surface area contributed by atoms with Gasteiger partial charge in [-0.25, -0.2) is 8.42 Å². The van der Waals surface area contributed by atoms with E-state index in [1.54, 1.807) is 12.4 Å². The third-order valence-corrected chi connectivity index (χ3v) is 5.19. The van der Waals surface area contributed by atoms with Gasteiger partial charge in [-0.15, -0.1) is 0 Å². The van der Waals surface area contributed by atoms with Crippen LogP contribution in [0.3, 0.4) is 0 Å². The first-order valence-electron chi connectivity index (χ1n) is 6.61. The lowest BCUT2D eigenvalue weighted by Gasteiger charge is -2.18. The zero-order chi connectivity index (χ0) is 14.2. The van der Waals surface area contributed by atoms with E-state index in [2.05, 4.69) is 4.98 Å². The molecule has 6 nitrogen and oxygen atoms in total. The molecular formula is C13H18N2O4S. The van der Waals surface area contributed by atoms with Crippen molar-refractivity contribution in [2.75, 3.05) is 26.0 Å². The van der Waals surface area contributed by atoms with Crippen LogP contribution in [0.2, 0.25) is 0 Å². The summed E-state index contributed by atoms with van der Waals surface area (Å²) >= 11 is 0. The molecule has 0 N–H and O–H groups in total. The molecule has 2 aliphatic rings. The van der Waals surface area contributed by atoms with E-state index in [1.165, 1.54) is 10.6 Å². The Hall–Kier alpha value is -1.02. The average molecular weight is 298 g/mol. The summed E-state index contributed by atoms with van der Waals surface area (Å²) in [7, 11) is -3.21. The summed E-state index contributed by atoms with van der Waals surface area (Å²) in [5.74, 6) is 0.126. The lowest BCUT2D eigenvalue weighted by molar-refractivity contribution is 0.0126. The number of sulfonamides is 1. The van der Waals surface area contributed by atoms with E-state index >= 15 is 0 Å². The fraction of sp³-hybridized carbons (Fsp3) is 0.615. The zero-order valence-electron chi connectivity index (χ0n) is 11.3. The standard InChI is InChI=1S/C13H18N2O4S/c1-20(16,17)15-6-13(11-8-18-9-12(11)15)19-7-10-3-2-4-14-5-10/h2-5,11-13H,6-9H2,1H3/t11-,12+,13-/m0/s1. The minimum atomic E-state index is -3.21. The van der Waals surface area contributed by atoms with E-state index in [-0.39, 0.29) is 18.1 Å². The largest absolute Gasteiger partial charge is 0.379 e. The number of fused-ring (bicyclic) bond motifs is 1. The van der Waals surface area contributed by atoms with Crippen LogP contribution in [0.25, 0.3) is 0 Å². The van der Waals surface area contributed by atoms with E-state index in [9.17, 15) is 8.42 Å². The number of hydrogen-bond acceptors (Lipinski definition) is 5. The molecule has 0 bridgehead atoms. The lowest BCUT2D eigenvalue weighted by Crippen LogP contribution is -2.37. The number of rotatable bonds is 4. The van der Waals surface area contributed by atoms with Crippen molar-refractivity contribution in [3.05, 3.63) is 30.1 Å². The number of ether oxygens (including phenoxy) is 2. The zero-order valence-corrected chi connectivity index (χ0v) is 12.1. The van der Waals surface area contributed by atoms with Crippen molar-refractivity contribution < 1.29 is 17.9 Å². The Morgan fingerprint density at radius 1 is 1.50 bits per heavy atom. The molecule has 1 aromatic heterocycles. The van der Waals surface area contributed by atoms with Gasteiger partial charge in [0, 0.05) is 24.9 Å². The van der Waals surface area contributed by atoms with Gasteiger partial charge in [0.15, 0.2) is 0 Å². The van der Waals surface area contributed by atoms with Gasteiger partial charge in [-0.2, -0.15) is 4.31 Å². The molecule has 0 radical (unpaired) electrons. The summed E-state index contributed by atoms with van der Waals surface area (Å²) < 4.78 is 36.4. The van der Waals surface area contributed by atoms with Crippen LogP contribution in [0, 0.1) is 5.92 Å². The first-order chi connectivity index (χ1) is 9.55. The van der Waals surface area contributed by atoms with Crippen LogP contribution in [0.15, 0.2) is 24.5 Å². The van der Waals surface area contributed by atoms with Crippen LogP contribution in [-0.4, -0.2) is 55.9 Å². The van der Waals surface area contributed by atoms with Gasteiger partial charge in [0.05, 0.1) is 38.2 Å². The number of aromatic nitrogens is 1. The molecule has 0 saturated carbocycles. The quantitative estimate of drug-likeness (QED) is 0.797. The Morgan fingerprint density at radius 3 is 3.05 bits per heavy atom. The maximum Gasteiger partial charge on any atom is 0.211 e. The van der Waals surface area contributed by atoms with Crippen molar-refractivity contribution in [1.82, 2.24) is 9.29 Å². The van der Waals surface area contributed by atoms with Crippen molar-refractivity contribution in [2.24, 2.45) is 5.92 Å². The highest BCUT2D eigenvalue weighted by Gasteiger charge is 2.49. The Bertz CT molecular complexity index is 563. The molecule has 0 aliphatic carbocycles. The molecule has 0 spiro atoms. The minimum Gasteiger partial charge on any atom is -0.379 e. The molecule has 110 valence electrons. The first kappa shape index (κ1) is 13.9. The molecule has 1 aromatic rings. The summed E-state index contributed by atoms with van der Waals surface area (Å²) in [6.45, 7) is 1.88. The SMILES string of the molecule is CS(=O)(=O)N1C[C@H](OCc2cccnc2)[C@H]2COC[C@H]21. The Balaban J connectivity index is 1.68. The summed E-state index contributed by atoms with van der Waals surface area (Å²) in [6.07, 6.45) is 4.60. The highest BCUT2D eigenvalue weighted by Crippen LogP contribution is 2.34. The van der Waals surface area contributed by atoms with E-state index in [0.29, 0.717) is 26.4 Å². The fourth-order valence-electron chi connectivity index (χ4n) is 2.90. The smallest absolute Gasteiger partial charge is 0.211 e. The molecule has 3 heterocycles. The monoisotopic (exact) mass is 298 g/mol. The van der Waals surface area contributed by atoms with Crippen molar-refractivity contribution in [3.8, 4) is 0 Å². The minimum absolute atomic E-state index is 0.0797. The molecule has 0 aromatic carbocycles. The van der Waals surface area contributed by atoms with E-state index in [4.69, 9.17) is 9.47 Å². The van der Waals surface area contributed by atoms with Crippen LogP contribution in [-0.2, 0) is 26.1 Å². The van der Waals surface area contributed by atoms with E-state index < -0.39 is 10.0 Å². The van der Waals surface area contributed by atoms with Crippen LogP contribution in [0.4, 0.5) is 0 Å². The number of nitrogens with zero attached hydrogens (tertiary/aromatic N) is 2. The maximum atomic E-state index is 11.8. The van der Waals surface area contributed by atoms with Crippen molar-refractivity contribution in [2.45, 2.75) is 18.8 Å². The summed E-state index contributed by atoms with van der Waals surface area (Å²) in [6, 6.07) is 3.72. The second kappa shape index (κ2) is 5.40. The molecule has 2 saturated heterocycles. The van der Waals surface area contributed by atoms with E-state index in [0.717, 1.165) is 5.56 Å². The van der Waals surface area contributed by atoms with Gasteiger partial charge in [-0.05, 0) is 11.6 Å². The van der Waals surface area contributed by atoms with Crippen LogP contribution in [0.1, 0.15) is 5.56 Å². The van der Waals surface area contributed by atoms with Crippen molar-refractivity contribution in [3.63, 3.8) is 0 Å². The van der Waals surface area contributed by atoms with Gasteiger partial charge >= 0.3 is 0 Å². The fourth-order valence-corrected chi connectivity index (χ4v) is 4.03. The summed E-state index contributed by atoms with van der Waals surface area (Å²) in [5, 5.41) is 0. The Labute approximate surface area is 118 Å². The predicted octanol–water partition coefficient (Wildman–Crippen LogP) is 0.257. The highest BCUT2D eigenvalue weighted by atomic mass is 32.2. The highest BCUT2D eigenvalue weighted by molar-refractivity contribution is 7.88. The van der Waals surface area contributed by atoms with Gasteiger partial charge < -0.3 is 9.47 Å². The molecule has 0 unspecified atom stereocenters. The molecule has 3 atom stereocenters. The van der Waals surface area contributed by atoms with Gasteiger partial charge in [-0.3, -0.25) is 4.98 Å². The molecular weight excluding hydrogens is 280 g/mol. The third kappa shape index (κ3) is 2.71. The Kier molecular flexibility index (Phi) is 3.76. The van der Waals surface area contributed by atoms with Crippen LogP contribution < -0.4 is 0 Å². The molecule has 20 heavy (non-hydrogen) atoms. The summed E-state index contributed by atoms with van der Waals surface area (Å²) in [5.41, 5.74) is 0.987. The summed E-state index contributed by atoms with van der Waals surface area (Å²) in [4.78, 5) is 4.04.